The van der Waals surface area contributed by atoms with Gasteiger partial charge in [-0.3, -0.25) is 0 Å². The van der Waals surface area contributed by atoms with Crippen molar-refractivity contribution in [2.75, 3.05) is 12.4 Å². The number of ether oxygens (including phenoxy) is 1. The lowest BCUT2D eigenvalue weighted by Gasteiger charge is -2.13. The number of methoxy groups -OCH3 is 1. The molecule has 5 heteroatoms. The van der Waals surface area contributed by atoms with E-state index in [2.05, 4.69) is 37.2 Å². The van der Waals surface area contributed by atoms with Crippen molar-refractivity contribution in [2.45, 2.75) is 13.2 Å². The molecule has 2 N–H and O–H groups in total. The van der Waals surface area contributed by atoms with Crippen LogP contribution in [-0.4, -0.2) is 12.2 Å². The van der Waals surface area contributed by atoms with E-state index < -0.39 is 0 Å². The van der Waals surface area contributed by atoms with Crippen molar-refractivity contribution in [2.24, 2.45) is 0 Å². The smallest absolute Gasteiger partial charge is 0.138 e. The van der Waals surface area contributed by atoms with Gasteiger partial charge in [-0.1, -0.05) is 28.1 Å². The molecular formula is C15H15Br2NO2. The molecule has 0 heterocycles. The van der Waals surface area contributed by atoms with E-state index in [0.717, 1.165) is 31.5 Å². The topological polar surface area (TPSA) is 41.5 Å². The van der Waals surface area contributed by atoms with Crippen LogP contribution in [0.5, 0.6) is 5.75 Å². The van der Waals surface area contributed by atoms with Gasteiger partial charge in [-0.15, -0.1) is 0 Å². The first-order valence-electron chi connectivity index (χ1n) is 6.09. The standard InChI is InChI=1S/C15H15Br2NO2/c1-20-15-11(6-12(16)7-14(15)17)8-18-13-4-2-10(9-19)3-5-13/h2-7,18-19H,8-9H2,1H3. The van der Waals surface area contributed by atoms with Crippen molar-refractivity contribution in [1.29, 1.82) is 0 Å². The van der Waals surface area contributed by atoms with Gasteiger partial charge in [0, 0.05) is 22.3 Å². The molecule has 0 bridgehead atoms. The van der Waals surface area contributed by atoms with E-state index in [-0.39, 0.29) is 6.61 Å². The molecule has 106 valence electrons. The maximum absolute atomic E-state index is 9.02. The van der Waals surface area contributed by atoms with Crippen molar-refractivity contribution < 1.29 is 9.84 Å². The summed E-state index contributed by atoms with van der Waals surface area (Å²) in [5.41, 5.74) is 2.96. The minimum absolute atomic E-state index is 0.0622. The minimum Gasteiger partial charge on any atom is -0.495 e. The van der Waals surface area contributed by atoms with Gasteiger partial charge >= 0.3 is 0 Å². The monoisotopic (exact) mass is 399 g/mol. The lowest BCUT2D eigenvalue weighted by Crippen LogP contribution is -2.02. The first kappa shape index (κ1) is 15.4. The summed E-state index contributed by atoms with van der Waals surface area (Å²) in [6.45, 7) is 0.715. The van der Waals surface area contributed by atoms with Crippen LogP contribution in [0.4, 0.5) is 5.69 Å². The Kier molecular flexibility index (Phi) is 5.46. The summed E-state index contributed by atoms with van der Waals surface area (Å²) >= 11 is 6.97. The zero-order chi connectivity index (χ0) is 14.5. The Morgan fingerprint density at radius 3 is 2.45 bits per heavy atom. The third-order valence-electron chi connectivity index (χ3n) is 2.91. The molecule has 2 rings (SSSR count). The maximum Gasteiger partial charge on any atom is 0.138 e. The fourth-order valence-corrected chi connectivity index (χ4v) is 3.37. The molecule has 0 unspecified atom stereocenters. The molecule has 0 saturated carbocycles. The second kappa shape index (κ2) is 7.11. The van der Waals surface area contributed by atoms with Crippen LogP contribution < -0.4 is 10.1 Å². The molecule has 20 heavy (non-hydrogen) atoms. The van der Waals surface area contributed by atoms with E-state index in [1.165, 1.54) is 0 Å². The lowest BCUT2D eigenvalue weighted by molar-refractivity contribution is 0.282. The third-order valence-corrected chi connectivity index (χ3v) is 3.96. The molecule has 2 aromatic carbocycles. The van der Waals surface area contributed by atoms with E-state index >= 15 is 0 Å². The van der Waals surface area contributed by atoms with Gasteiger partial charge in [-0.25, -0.2) is 0 Å². The fraction of sp³-hybridized carbons (Fsp3) is 0.200. The van der Waals surface area contributed by atoms with E-state index in [4.69, 9.17) is 9.84 Å². The molecule has 0 aromatic heterocycles. The number of hydrogen-bond donors (Lipinski definition) is 2. The molecule has 0 fully saturated rings. The number of nitrogens with one attached hydrogen (secondary N) is 1. The molecule has 0 aliphatic carbocycles. The van der Waals surface area contributed by atoms with Crippen molar-refractivity contribution in [3.8, 4) is 5.75 Å². The average molecular weight is 401 g/mol. The van der Waals surface area contributed by atoms with Crippen LogP contribution in [0.3, 0.4) is 0 Å². The van der Waals surface area contributed by atoms with Gasteiger partial charge in [-0.05, 0) is 45.8 Å². The molecule has 0 aliphatic heterocycles. The summed E-state index contributed by atoms with van der Waals surface area (Å²) in [6.07, 6.45) is 0. The number of hydrogen-bond acceptors (Lipinski definition) is 3. The molecule has 0 aliphatic rings. The third kappa shape index (κ3) is 3.75. The fourth-order valence-electron chi connectivity index (χ4n) is 1.90. The van der Waals surface area contributed by atoms with Crippen molar-refractivity contribution >= 4 is 37.5 Å². The number of anilines is 1. The van der Waals surface area contributed by atoms with Gasteiger partial charge in [0.1, 0.15) is 5.75 Å². The Balaban J connectivity index is 2.13. The molecule has 2 aromatic rings. The van der Waals surface area contributed by atoms with Crippen molar-refractivity contribution in [3.05, 3.63) is 56.5 Å². The van der Waals surface area contributed by atoms with Gasteiger partial charge in [0.2, 0.25) is 0 Å². The highest BCUT2D eigenvalue weighted by Gasteiger charge is 2.09. The molecular weight excluding hydrogens is 386 g/mol. The van der Waals surface area contributed by atoms with E-state index in [0.29, 0.717) is 6.54 Å². The lowest BCUT2D eigenvalue weighted by atomic mass is 10.2. The highest BCUT2D eigenvalue weighted by atomic mass is 79.9. The summed E-state index contributed by atoms with van der Waals surface area (Å²) in [5.74, 6) is 0.827. The summed E-state index contributed by atoms with van der Waals surface area (Å²) in [7, 11) is 1.66. The highest BCUT2D eigenvalue weighted by molar-refractivity contribution is 9.11. The maximum atomic E-state index is 9.02. The molecule has 0 amide bonds. The number of benzene rings is 2. The predicted octanol–water partition coefficient (Wildman–Crippen LogP) is 4.32. The predicted molar refractivity (Wildman–Crippen MR) is 88.1 cm³/mol. The van der Waals surface area contributed by atoms with Gasteiger partial charge in [0.25, 0.3) is 0 Å². The number of aliphatic hydroxyl groups is 1. The second-order valence-electron chi connectivity index (χ2n) is 4.29. The summed E-state index contributed by atoms with van der Waals surface area (Å²) < 4.78 is 7.33. The van der Waals surface area contributed by atoms with Gasteiger partial charge in [0.15, 0.2) is 0 Å². The van der Waals surface area contributed by atoms with Crippen LogP contribution in [0.1, 0.15) is 11.1 Å². The van der Waals surface area contributed by atoms with Crippen molar-refractivity contribution in [1.82, 2.24) is 0 Å². The molecule has 0 spiro atoms. The quantitative estimate of drug-likeness (QED) is 0.784. The molecule has 3 nitrogen and oxygen atoms in total. The van der Waals surface area contributed by atoms with E-state index in [1.807, 2.05) is 36.4 Å². The first-order valence-corrected chi connectivity index (χ1v) is 7.68. The van der Waals surface area contributed by atoms with Crippen LogP contribution in [-0.2, 0) is 13.2 Å². The summed E-state index contributed by atoms with van der Waals surface area (Å²) in [5, 5.41) is 12.4. The zero-order valence-corrected chi connectivity index (χ0v) is 14.2. The Labute approximate surface area is 135 Å². The molecule has 0 radical (unpaired) electrons. The first-order chi connectivity index (χ1) is 9.63. The largest absolute Gasteiger partial charge is 0.495 e. The Morgan fingerprint density at radius 2 is 1.85 bits per heavy atom. The van der Waals surface area contributed by atoms with Crippen LogP contribution in [0.25, 0.3) is 0 Å². The zero-order valence-electron chi connectivity index (χ0n) is 11.0. The Morgan fingerprint density at radius 1 is 1.15 bits per heavy atom. The number of rotatable bonds is 5. The van der Waals surface area contributed by atoms with Crippen molar-refractivity contribution in [3.63, 3.8) is 0 Å². The molecule has 0 atom stereocenters. The SMILES string of the molecule is COc1c(Br)cc(Br)cc1CNc1ccc(CO)cc1. The summed E-state index contributed by atoms with van der Waals surface area (Å²) in [4.78, 5) is 0. The van der Waals surface area contributed by atoms with E-state index in [9.17, 15) is 0 Å². The average Bonchev–Trinajstić information content (AvgIpc) is 2.45. The Hall–Kier alpha value is -1.04. The summed E-state index contributed by atoms with van der Waals surface area (Å²) in [6, 6.07) is 11.7. The van der Waals surface area contributed by atoms with Gasteiger partial charge < -0.3 is 15.2 Å². The van der Waals surface area contributed by atoms with Crippen LogP contribution in [0.15, 0.2) is 45.3 Å². The van der Waals surface area contributed by atoms with Gasteiger partial charge in [-0.2, -0.15) is 0 Å². The minimum atomic E-state index is 0.0622. The molecule has 0 saturated heterocycles. The van der Waals surface area contributed by atoms with Crippen LogP contribution in [0, 0.1) is 0 Å². The Bertz CT molecular complexity index is 585. The van der Waals surface area contributed by atoms with Crippen LogP contribution >= 0.6 is 31.9 Å². The van der Waals surface area contributed by atoms with Gasteiger partial charge in [0.05, 0.1) is 18.2 Å². The number of halogens is 2. The van der Waals surface area contributed by atoms with E-state index in [1.54, 1.807) is 7.11 Å². The normalized spacial score (nSPS) is 10.4. The second-order valence-corrected chi connectivity index (χ2v) is 6.06. The highest BCUT2D eigenvalue weighted by Crippen LogP contribution is 2.33. The van der Waals surface area contributed by atoms with Crippen LogP contribution in [0.2, 0.25) is 0 Å². The number of aliphatic hydroxyl groups excluding tert-OH is 1.